The second-order valence-electron chi connectivity index (χ2n) is 9.78. The molecule has 0 aliphatic carbocycles. The maximum absolute atomic E-state index is 5.36. The van der Waals surface area contributed by atoms with Crippen LogP contribution >= 0.6 is 0 Å². The Kier molecular flexibility index (Phi) is 4.61. The molecule has 3 aromatic heterocycles. The van der Waals surface area contributed by atoms with E-state index in [4.69, 9.17) is 9.98 Å². The standard InChI is InChI=1S/C34H24N4/c1-3-12-23(13-4-1)25-16-7-9-18-27(25)38-28-19-10-8-17-26(28)32-30(38)22-31-34(36-32)33-29(20-11-21-35-33)37(31)24-14-5-2-6-15-24/h1-10,12-19,21-22H,11,20H2. The fourth-order valence-corrected chi connectivity index (χ4v) is 5.98. The summed E-state index contributed by atoms with van der Waals surface area (Å²) in [5.41, 5.74) is 12.2. The van der Waals surface area contributed by atoms with E-state index in [1.54, 1.807) is 0 Å². The van der Waals surface area contributed by atoms with Crippen molar-refractivity contribution in [3.05, 3.63) is 121 Å². The largest absolute Gasteiger partial charge is 0.310 e. The monoisotopic (exact) mass is 488 g/mol. The number of nitrogens with zero attached hydrogens (tertiary/aromatic N) is 4. The van der Waals surface area contributed by atoms with E-state index in [1.165, 1.54) is 16.8 Å². The zero-order chi connectivity index (χ0) is 25.1. The van der Waals surface area contributed by atoms with Gasteiger partial charge in [0.25, 0.3) is 0 Å². The number of rotatable bonds is 3. The highest BCUT2D eigenvalue weighted by molar-refractivity contribution is 6.12. The Morgan fingerprint density at radius 2 is 1.32 bits per heavy atom. The first-order valence-electron chi connectivity index (χ1n) is 13.1. The summed E-state index contributed by atoms with van der Waals surface area (Å²) in [6, 6.07) is 40.8. The van der Waals surface area contributed by atoms with Gasteiger partial charge in [0.15, 0.2) is 0 Å². The predicted molar refractivity (Wildman–Crippen MR) is 157 cm³/mol. The summed E-state index contributed by atoms with van der Waals surface area (Å²) in [5, 5.41) is 1.15. The number of aromatic nitrogens is 3. The van der Waals surface area contributed by atoms with Crippen molar-refractivity contribution in [1.29, 1.82) is 0 Å². The van der Waals surface area contributed by atoms with Gasteiger partial charge < -0.3 is 9.13 Å². The summed E-state index contributed by atoms with van der Waals surface area (Å²) in [6.45, 7) is 0. The summed E-state index contributed by atoms with van der Waals surface area (Å²) in [5.74, 6) is 0. The Bertz CT molecular complexity index is 2010. The van der Waals surface area contributed by atoms with Crippen molar-refractivity contribution in [2.45, 2.75) is 12.8 Å². The van der Waals surface area contributed by atoms with Crippen LogP contribution < -0.4 is 0 Å². The van der Waals surface area contributed by atoms with Crippen LogP contribution in [0.5, 0.6) is 0 Å². The molecule has 38 heavy (non-hydrogen) atoms. The van der Waals surface area contributed by atoms with E-state index in [9.17, 15) is 0 Å². The van der Waals surface area contributed by atoms with Crippen LogP contribution in [-0.2, 0) is 6.42 Å². The van der Waals surface area contributed by atoms with E-state index in [0.717, 1.165) is 62.9 Å². The second-order valence-corrected chi connectivity index (χ2v) is 9.78. The van der Waals surface area contributed by atoms with Gasteiger partial charge in [-0.25, -0.2) is 4.98 Å². The molecule has 4 nitrogen and oxygen atoms in total. The van der Waals surface area contributed by atoms with Crippen molar-refractivity contribution >= 4 is 44.9 Å². The molecule has 0 radical (unpaired) electrons. The van der Waals surface area contributed by atoms with Gasteiger partial charge >= 0.3 is 0 Å². The van der Waals surface area contributed by atoms with E-state index >= 15 is 0 Å². The predicted octanol–water partition coefficient (Wildman–Crippen LogP) is 8.44. The van der Waals surface area contributed by atoms with Crippen LogP contribution in [0.15, 0.2) is 120 Å². The minimum absolute atomic E-state index is 0.940. The maximum atomic E-state index is 5.36. The molecule has 4 heterocycles. The molecular weight excluding hydrogens is 464 g/mol. The third kappa shape index (κ3) is 3.04. The zero-order valence-corrected chi connectivity index (χ0v) is 20.8. The van der Waals surface area contributed by atoms with Gasteiger partial charge in [-0.1, -0.05) is 84.9 Å². The Balaban J connectivity index is 1.53. The Morgan fingerprint density at radius 1 is 0.605 bits per heavy atom. The molecule has 0 amide bonds. The van der Waals surface area contributed by atoms with Crippen LogP contribution in [0.25, 0.3) is 55.5 Å². The lowest BCUT2D eigenvalue weighted by Crippen LogP contribution is -2.03. The Labute approximate surface area is 220 Å². The molecule has 0 unspecified atom stereocenters. The summed E-state index contributed by atoms with van der Waals surface area (Å²) >= 11 is 0. The molecule has 7 aromatic rings. The van der Waals surface area contributed by atoms with Gasteiger partial charge in [0.05, 0.1) is 33.4 Å². The first kappa shape index (κ1) is 21.2. The van der Waals surface area contributed by atoms with Gasteiger partial charge in [-0.3, -0.25) is 4.99 Å². The highest BCUT2D eigenvalue weighted by Gasteiger charge is 2.24. The fraction of sp³-hybridized carbons (Fsp3) is 0.0588. The SMILES string of the molecule is C1=Nc2c(n(-c3ccccc3)c3cc4c(nc23)c2ccccc2n4-c2ccccc2-c2ccccc2)CC1. The van der Waals surface area contributed by atoms with E-state index in [0.29, 0.717) is 0 Å². The average Bonchev–Trinajstić information content (AvgIpc) is 3.49. The zero-order valence-electron chi connectivity index (χ0n) is 20.8. The van der Waals surface area contributed by atoms with Crippen LogP contribution in [0.3, 0.4) is 0 Å². The van der Waals surface area contributed by atoms with Crippen molar-refractivity contribution in [2.24, 2.45) is 4.99 Å². The van der Waals surface area contributed by atoms with Crippen LogP contribution in [0.2, 0.25) is 0 Å². The second kappa shape index (κ2) is 8.29. The van der Waals surface area contributed by atoms with Crippen molar-refractivity contribution in [1.82, 2.24) is 14.1 Å². The molecular formula is C34H24N4. The summed E-state index contributed by atoms with van der Waals surface area (Å²) in [7, 11) is 0. The number of para-hydroxylation sites is 3. The van der Waals surface area contributed by atoms with Gasteiger partial charge in [-0.2, -0.15) is 0 Å². The van der Waals surface area contributed by atoms with Gasteiger partial charge in [0.1, 0.15) is 11.2 Å². The number of fused-ring (bicyclic) bond motifs is 6. The number of benzene rings is 4. The molecule has 0 atom stereocenters. The number of hydrogen-bond donors (Lipinski definition) is 0. The van der Waals surface area contributed by atoms with E-state index in [1.807, 2.05) is 6.21 Å². The smallest absolute Gasteiger partial charge is 0.115 e. The normalized spacial score (nSPS) is 12.9. The van der Waals surface area contributed by atoms with Gasteiger partial charge in [-0.05, 0) is 48.7 Å². The molecule has 4 heteroatoms. The van der Waals surface area contributed by atoms with Crippen LogP contribution in [0.1, 0.15) is 12.1 Å². The maximum Gasteiger partial charge on any atom is 0.115 e. The fourth-order valence-electron chi connectivity index (χ4n) is 5.98. The van der Waals surface area contributed by atoms with E-state index in [-0.39, 0.29) is 0 Å². The number of hydrogen-bond acceptors (Lipinski definition) is 2. The van der Waals surface area contributed by atoms with Crippen molar-refractivity contribution in [3.63, 3.8) is 0 Å². The molecule has 0 saturated carbocycles. The van der Waals surface area contributed by atoms with Crippen LogP contribution in [-0.4, -0.2) is 20.3 Å². The molecule has 1 aliphatic rings. The third-order valence-electron chi connectivity index (χ3n) is 7.61. The molecule has 8 rings (SSSR count). The van der Waals surface area contributed by atoms with Gasteiger partial charge in [0, 0.05) is 22.9 Å². The molecule has 0 spiro atoms. The highest BCUT2D eigenvalue weighted by Crippen LogP contribution is 2.42. The first-order valence-corrected chi connectivity index (χ1v) is 13.1. The minimum atomic E-state index is 0.940. The Hall–Kier alpha value is -4.96. The lowest BCUT2D eigenvalue weighted by molar-refractivity contribution is 0.913. The first-order chi connectivity index (χ1) is 18.9. The van der Waals surface area contributed by atoms with Gasteiger partial charge in [-0.15, -0.1) is 0 Å². The summed E-state index contributed by atoms with van der Waals surface area (Å²) < 4.78 is 4.74. The van der Waals surface area contributed by atoms with E-state index in [2.05, 4.69) is 124 Å². The van der Waals surface area contributed by atoms with Gasteiger partial charge in [0.2, 0.25) is 0 Å². The van der Waals surface area contributed by atoms with Crippen LogP contribution in [0, 0.1) is 0 Å². The van der Waals surface area contributed by atoms with E-state index < -0.39 is 0 Å². The third-order valence-corrected chi connectivity index (χ3v) is 7.61. The molecule has 4 aromatic carbocycles. The summed E-state index contributed by atoms with van der Waals surface area (Å²) in [6.07, 6.45) is 3.92. The van der Waals surface area contributed by atoms with Crippen molar-refractivity contribution in [2.75, 3.05) is 0 Å². The van der Waals surface area contributed by atoms with Crippen molar-refractivity contribution < 1.29 is 0 Å². The van der Waals surface area contributed by atoms with Crippen LogP contribution in [0.4, 0.5) is 5.69 Å². The highest BCUT2D eigenvalue weighted by atomic mass is 15.1. The molecule has 180 valence electrons. The number of aliphatic imine (C=N–C) groups is 1. The quantitative estimate of drug-likeness (QED) is 0.246. The molecule has 1 aliphatic heterocycles. The molecule has 0 bridgehead atoms. The lowest BCUT2D eigenvalue weighted by atomic mass is 10.0. The summed E-state index contributed by atoms with van der Waals surface area (Å²) in [4.78, 5) is 10.2. The topological polar surface area (TPSA) is 35.1 Å². The molecule has 0 N–H and O–H groups in total. The Morgan fingerprint density at radius 3 is 2.18 bits per heavy atom. The number of pyridine rings is 1. The average molecular weight is 489 g/mol. The molecule has 0 saturated heterocycles. The van der Waals surface area contributed by atoms with Crippen molar-refractivity contribution in [3.8, 4) is 22.5 Å². The minimum Gasteiger partial charge on any atom is -0.310 e. The molecule has 0 fully saturated rings. The lowest BCUT2D eigenvalue weighted by Gasteiger charge is -2.14.